The summed E-state index contributed by atoms with van der Waals surface area (Å²) in [7, 11) is 2.73. The monoisotopic (exact) mass is 373 g/mol. The van der Waals surface area contributed by atoms with Crippen molar-refractivity contribution in [2.75, 3.05) is 14.2 Å². The third kappa shape index (κ3) is 4.02. The van der Waals surface area contributed by atoms with Gasteiger partial charge in [0.2, 0.25) is 5.78 Å². The molecule has 27 heavy (non-hydrogen) atoms. The van der Waals surface area contributed by atoms with Gasteiger partial charge >= 0.3 is 11.9 Å². The summed E-state index contributed by atoms with van der Waals surface area (Å²) in [5.74, 6) is -1.27. The normalized spacial score (nSPS) is 11.6. The molecule has 0 unspecified atom stereocenters. The predicted molar refractivity (Wildman–Crippen MR) is 98.5 cm³/mol. The van der Waals surface area contributed by atoms with E-state index in [0.717, 1.165) is 5.56 Å². The summed E-state index contributed by atoms with van der Waals surface area (Å²) >= 11 is 0. The molecule has 2 aromatic rings. The van der Waals surface area contributed by atoms with Crippen molar-refractivity contribution in [2.24, 2.45) is 0 Å². The second-order valence-electron chi connectivity index (χ2n) is 6.23. The number of carbonyl (C=O) groups excluding carboxylic acids is 3. The van der Waals surface area contributed by atoms with Gasteiger partial charge in [0.1, 0.15) is 11.3 Å². The lowest BCUT2D eigenvalue weighted by atomic mass is 10.1. The maximum atomic E-state index is 12.7. The third-order valence-electron chi connectivity index (χ3n) is 4.30. The van der Waals surface area contributed by atoms with Crippen molar-refractivity contribution in [3.8, 4) is 5.75 Å². The summed E-state index contributed by atoms with van der Waals surface area (Å²) in [6, 6.07) is 5.11. The van der Waals surface area contributed by atoms with Gasteiger partial charge in [-0.2, -0.15) is 0 Å². The first-order valence-electron chi connectivity index (χ1n) is 8.38. The average molecular weight is 373 g/mol. The standard InChI is InChI=1S/C20H23NO6/c1-10-7-8-15(25-5)14(9-10)19(23)27-13(4)18(22)17-11(2)16(12(3)21-17)20(24)26-6/h7-9,13,21H,1-6H3/t13-/m1/s1. The number of carbonyl (C=O) groups is 3. The Morgan fingerprint density at radius 3 is 2.30 bits per heavy atom. The van der Waals surface area contributed by atoms with Crippen molar-refractivity contribution in [2.45, 2.75) is 33.8 Å². The van der Waals surface area contributed by atoms with Gasteiger partial charge in [-0.15, -0.1) is 0 Å². The number of aromatic nitrogens is 1. The molecular weight excluding hydrogens is 350 g/mol. The number of benzene rings is 1. The van der Waals surface area contributed by atoms with E-state index in [4.69, 9.17) is 14.2 Å². The third-order valence-corrected chi connectivity index (χ3v) is 4.30. The van der Waals surface area contributed by atoms with Gasteiger partial charge in [0, 0.05) is 5.69 Å². The topological polar surface area (TPSA) is 94.7 Å². The maximum Gasteiger partial charge on any atom is 0.342 e. The lowest BCUT2D eigenvalue weighted by Gasteiger charge is -2.14. The van der Waals surface area contributed by atoms with Gasteiger partial charge in [-0.1, -0.05) is 11.6 Å². The maximum absolute atomic E-state index is 12.7. The molecule has 0 radical (unpaired) electrons. The molecule has 1 N–H and O–H groups in total. The Labute approximate surface area is 157 Å². The quantitative estimate of drug-likeness (QED) is 0.617. The number of ether oxygens (including phenoxy) is 3. The summed E-state index contributed by atoms with van der Waals surface area (Å²) in [6.45, 7) is 6.63. The van der Waals surface area contributed by atoms with Crippen molar-refractivity contribution in [3.63, 3.8) is 0 Å². The number of Topliss-reactive ketones (excluding diaryl/α,β-unsaturated/α-hetero) is 1. The Morgan fingerprint density at radius 2 is 1.70 bits per heavy atom. The number of ketones is 1. The molecule has 1 aromatic heterocycles. The molecule has 0 saturated carbocycles. The van der Waals surface area contributed by atoms with E-state index >= 15 is 0 Å². The Balaban J connectivity index is 2.25. The van der Waals surface area contributed by atoms with E-state index in [1.54, 1.807) is 26.0 Å². The number of aromatic amines is 1. The Bertz CT molecular complexity index is 896. The molecule has 0 spiro atoms. The zero-order valence-corrected chi connectivity index (χ0v) is 16.3. The number of H-pyrrole nitrogens is 1. The fourth-order valence-electron chi connectivity index (χ4n) is 2.87. The fraction of sp³-hybridized carbons (Fsp3) is 0.350. The van der Waals surface area contributed by atoms with Gasteiger partial charge < -0.3 is 19.2 Å². The van der Waals surface area contributed by atoms with Crippen LogP contribution < -0.4 is 4.74 Å². The molecule has 7 heteroatoms. The van der Waals surface area contributed by atoms with Crippen molar-refractivity contribution in [1.82, 2.24) is 4.98 Å². The Kier molecular flexibility index (Phi) is 6.05. The van der Waals surface area contributed by atoms with E-state index in [0.29, 0.717) is 22.6 Å². The van der Waals surface area contributed by atoms with E-state index in [-0.39, 0.29) is 11.3 Å². The molecule has 1 heterocycles. The fourth-order valence-corrected chi connectivity index (χ4v) is 2.87. The van der Waals surface area contributed by atoms with Crippen LogP contribution in [0.1, 0.15) is 54.9 Å². The lowest BCUT2D eigenvalue weighted by molar-refractivity contribution is 0.0313. The van der Waals surface area contributed by atoms with Crippen molar-refractivity contribution >= 4 is 17.7 Å². The van der Waals surface area contributed by atoms with Gasteiger partial charge in [-0.25, -0.2) is 9.59 Å². The summed E-state index contributed by atoms with van der Waals surface area (Å²) in [5, 5.41) is 0. The van der Waals surface area contributed by atoms with Gasteiger partial charge in [-0.05, 0) is 45.4 Å². The van der Waals surface area contributed by atoms with E-state index < -0.39 is 23.8 Å². The van der Waals surface area contributed by atoms with Crippen LogP contribution in [-0.2, 0) is 9.47 Å². The zero-order valence-electron chi connectivity index (χ0n) is 16.3. The molecule has 0 aliphatic rings. The summed E-state index contributed by atoms with van der Waals surface area (Å²) < 4.78 is 15.3. The highest BCUT2D eigenvalue weighted by Crippen LogP contribution is 2.23. The molecule has 0 fully saturated rings. The average Bonchev–Trinajstić information content (AvgIpc) is 2.94. The minimum Gasteiger partial charge on any atom is -0.496 e. The van der Waals surface area contributed by atoms with Crippen LogP contribution in [0, 0.1) is 20.8 Å². The molecule has 0 aliphatic carbocycles. The van der Waals surface area contributed by atoms with Crippen LogP contribution in [-0.4, -0.2) is 43.0 Å². The highest BCUT2D eigenvalue weighted by molar-refractivity contribution is 6.04. The van der Waals surface area contributed by atoms with E-state index in [9.17, 15) is 14.4 Å². The van der Waals surface area contributed by atoms with Crippen LogP contribution in [0.4, 0.5) is 0 Å². The SMILES string of the molecule is COC(=O)c1c(C)[nH]c(C(=O)[C@@H](C)OC(=O)c2cc(C)ccc2OC)c1C. The second-order valence-corrected chi connectivity index (χ2v) is 6.23. The molecule has 0 aliphatic heterocycles. The van der Waals surface area contributed by atoms with E-state index in [2.05, 4.69) is 4.98 Å². The molecule has 144 valence electrons. The first-order chi connectivity index (χ1) is 12.7. The molecule has 0 bridgehead atoms. The van der Waals surface area contributed by atoms with Gasteiger partial charge in [0.05, 0.1) is 25.5 Å². The van der Waals surface area contributed by atoms with Crippen LogP contribution in [0.3, 0.4) is 0 Å². The van der Waals surface area contributed by atoms with Crippen molar-refractivity contribution in [1.29, 1.82) is 0 Å². The van der Waals surface area contributed by atoms with Gasteiger partial charge in [-0.3, -0.25) is 4.79 Å². The first-order valence-corrected chi connectivity index (χ1v) is 8.38. The van der Waals surface area contributed by atoms with Crippen molar-refractivity contribution in [3.05, 3.63) is 51.8 Å². The smallest absolute Gasteiger partial charge is 0.342 e. The van der Waals surface area contributed by atoms with Gasteiger partial charge in [0.15, 0.2) is 6.10 Å². The number of methoxy groups -OCH3 is 2. The number of hydrogen-bond acceptors (Lipinski definition) is 6. The number of rotatable bonds is 6. The summed E-state index contributed by atoms with van der Waals surface area (Å²) in [6.07, 6.45) is -1.05. The highest BCUT2D eigenvalue weighted by atomic mass is 16.5. The largest absolute Gasteiger partial charge is 0.496 e. The van der Waals surface area contributed by atoms with Crippen LogP contribution in [0.15, 0.2) is 18.2 Å². The van der Waals surface area contributed by atoms with Crippen LogP contribution >= 0.6 is 0 Å². The summed E-state index contributed by atoms with van der Waals surface area (Å²) in [5.41, 5.74) is 2.60. The number of hydrogen-bond donors (Lipinski definition) is 1. The highest BCUT2D eigenvalue weighted by Gasteiger charge is 2.28. The molecule has 0 saturated heterocycles. The Hall–Kier alpha value is -3.09. The molecule has 1 atom stereocenters. The van der Waals surface area contributed by atoms with Crippen LogP contribution in [0.5, 0.6) is 5.75 Å². The summed E-state index contributed by atoms with van der Waals surface area (Å²) in [4.78, 5) is 40.0. The predicted octanol–water partition coefficient (Wildman–Crippen LogP) is 3.16. The zero-order chi connectivity index (χ0) is 20.3. The molecular formula is C20H23NO6. The number of nitrogens with one attached hydrogen (secondary N) is 1. The van der Waals surface area contributed by atoms with E-state index in [1.165, 1.54) is 21.1 Å². The Morgan fingerprint density at radius 1 is 1.04 bits per heavy atom. The minimum atomic E-state index is -1.05. The molecule has 7 nitrogen and oxygen atoms in total. The molecule has 2 rings (SSSR count). The first kappa shape index (κ1) is 20.2. The van der Waals surface area contributed by atoms with Crippen LogP contribution in [0.2, 0.25) is 0 Å². The second kappa shape index (κ2) is 8.07. The van der Waals surface area contributed by atoms with Crippen LogP contribution in [0.25, 0.3) is 0 Å². The minimum absolute atomic E-state index is 0.212. The lowest BCUT2D eigenvalue weighted by Crippen LogP contribution is -2.25. The number of aryl methyl sites for hydroxylation is 2. The molecule has 0 amide bonds. The van der Waals surface area contributed by atoms with Crippen molar-refractivity contribution < 1.29 is 28.6 Å². The molecule has 1 aromatic carbocycles. The number of esters is 2. The van der Waals surface area contributed by atoms with Gasteiger partial charge in [0.25, 0.3) is 0 Å². The van der Waals surface area contributed by atoms with E-state index in [1.807, 2.05) is 13.0 Å².